The van der Waals surface area contributed by atoms with E-state index in [1.54, 1.807) is 24.4 Å². The van der Waals surface area contributed by atoms with Crippen LogP contribution in [0, 0.1) is 0 Å². The van der Waals surface area contributed by atoms with Crippen molar-refractivity contribution in [3.63, 3.8) is 0 Å². The highest BCUT2D eigenvalue weighted by Crippen LogP contribution is 2.29. The number of fused-ring (bicyclic) bond motifs is 1. The molecule has 0 spiro atoms. The molecule has 1 aromatic carbocycles. The van der Waals surface area contributed by atoms with Crippen LogP contribution in [0.15, 0.2) is 30.6 Å². The molecule has 2 aromatic heterocycles. The summed E-state index contributed by atoms with van der Waals surface area (Å²) in [7, 11) is 0. The molecule has 0 aliphatic rings. The number of aromatic carboxylic acids is 1. The molecule has 0 fully saturated rings. The minimum Gasteiger partial charge on any atom is -0.508 e. The number of benzene rings is 1. The molecule has 0 saturated heterocycles. The van der Waals surface area contributed by atoms with E-state index >= 15 is 0 Å². The van der Waals surface area contributed by atoms with Gasteiger partial charge in [-0.25, -0.2) is 9.78 Å². The fourth-order valence-corrected chi connectivity index (χ4v) is 1.90. The SMILES string of the molecule is O=C(O)c1ncc(-c2c[nH]c3cc(O)ccc23)[nH]1. The Morgan fingerprint density at radius 3 is 2.89 bits per heavy atom. The van der Waals surface area contributed by atoms with Gasteiger partial charge in [0.1, 0.15) is 5.75 Å². The van der Waals surface area contributed by atoms with Crippen LogP contribution >= 0.6 is 0 Å². The Bertz CT molecular complexity index is 742. The first-order chi connectivity index (χ1) is 8.65. The molecule has 90 valence electrons. The highest BCUT2D eigenvalue weighted by molar-refractivity contribution is 5.95. The largest absolute Gasteiger partial charge is 0.508 e. The highest BCUT2D eigenvalue weighted by Gasteiger charge is 2.12. The van der Waals surface area contributed by atoms with Crippen molar-refractivity contribution in [2.45, 2.75) is 0 Å². The molecule has 0 aliphatic carbocycles. The normalized spacial score (nSPS) is 10.9. The van der Waals surface area contributed by atoms with Crippen molar-refractivity contribution in [2.24, 2.45) is 0 Å². The van der Waals surface area contributed by atoms with Gasteiger partial charge in [0.15, 0.2) is 0 Å². The summed E-state index contributed by atoms with van der Waals surface area (Å²) in [6.07, 6.45) is 3.21. The topological polar surface area (TPSA) is 102 Å². The van der Waals surface area contributed by atoms with Gasteiger partial charge in [-0.3, -0.25) is 0 Å². The van der Waals surface area contributed by atoms with Gasteiger partial charge in [0.25, 0.3) is 0 Å². The number of hydrogen-bond acceptors (Lipinski definition) is 3. The van der Waals surface area contributed by atoms with Crippen molar-refractivity contribution in [3.05, 3.63) is 36.4 Å². The number of imidazole rings is 1. The highest BCUT2D eigenvalue weighted by atomic mass is 16.4. The molecule has 0 radical (unpaired) electrons. The summed E-state index contributed by atoms with van der Waals surface area (Å²) in [5.41, 5.74) is 2.20. The fourth-order valence-electron chi connectivity index (χ4n) is 1.90. The maximum Gasteiger partial charge on any atom is 0.371 e. The molecule has 2 heterocycles. The maximum absolute atomic E-state index is 10.8. The van der Waals surface area contributed by atoms with E-state index < -0.39 is 5.97 Å². The summed E-state index contributed by atoms with van der Waals surface area (Å²) < 4.78 is 0. The molecule has 3 aromatic rings. The van der Waals surface area contributed by atoms with Gasteiger partial charge < -0.3 is 20.2 Å². The number of carbonyl (C=O) groups is 1. The fraction of sp³-hybridized carbons (Fsp3) is 0. The van der Waals surface area contributed by atoms with Gasteiger partial charge in [-0.1, -0.05) is 0 Å². The van der Waals surface area contributed by atoms with Gasteiger partial charge in [-0.15, -0.1) is 0 Å². The predicted molar refractivity (Wildman–Crippen MR) is 64.5 cm³/mol. The van der Waals surface area contributed by atoms with Crippen LogP contribution in [0.1, 0.15) is 10.6 Å². The van der Waals surface area contributed by atoms with Crippen molar-refractivity contribution in [3.8, 4) is 17.0 Å². The lowest BCUT2D eigenvalue weighted by molar-refractivity contribution is 0.0685. The molecule has 4 N–H and O–H groups in total. The predicted octanol–water partition coefficient (Wildman–Crippen LogP) is 1.96. The minimum absolute atomic E-state index is 0.0990. The average molecular weight is 243 g/mol. The first-order valence-corrected chi connectivity index (χ1v) is 5.24. The van der Waals surface area contributed by atoms with Gasteiger partial charge in [-0.2, -0.15) is 0 Å². The Hall–Kier alpha value is -2.76. The van der Waals surface area contributed by atoms with Crippen molar-refractivity contribution >= 4 is 16.9 Å². The number of nitrogens with one attached hydrogen (secondary N) is 2. The summed E-state index contributed by atoms with van der Waals surface area (Å²) in [6, 6.07) is 4.94. The second-order valence-electron chi connectivity index (χ2n) is 3.88. The molecule has 0 unspecified atom stereocenters. The molecule has 0 aliphatic heterocycles. The quantitative estimate of drug-likeness (QED) is 0.552. The number of rotatable bonds is 2. The zero-order valence-electron chi connectivity index (χ0n) is 9.14. The van der Waals surface area contributed by atoms with E-state index in [1.807, 2.05) is 0 Å². The zero-order valence-corrected chi connectivity index (χ0v) is 9.14. The van der Waals surface area contributed by atoms with Gasteiger partial charge >= 0.3 is 5.97 Å². The standard InChI is InChI=1S/C12H9N3O3/c16-6-1-2-7-8(4-13-9(7)3-6)10-5-14-11(15-10)12(17)18/h1-5,13,16H,(H,14,15)(H,17,18). The third kappa shape index (κ3) is 1.51. The van der Waals surface area contributed by atoms with E-state index in [1.165, 1.54) is 6.20 Å². The lowest BCUT2D eigenvalue weighted by Gasteiger charge is -1.95. The Morgan fingerprint density at radius 1 is 1.33 bits per heavy atom. The summed E-state index contributed by atoms with van der Waals surface area (Å²) in [6.45, 7) is 0. The Balaban J connectivity index is 2.16. The first kappa shape index (κ1) is 10.4. The Labute approximate surface area is 101 Å². The smallest absolute Gasteiger partial charge is 0.371 e. The lowest BCUT2D eigenvalue weighted by Crippen LogP contribution is -1.98. The van der Waals surface area contributed by atoms with Gasteiger partial charge in [0, 0.05) is 28.7 Å². The average Bonchev–Trinajstić information content (AvgIpc) is 2.92. The number of nitrogens with zero attached hydrogens (tertiary/aromatic N) is 1. The van der Waals surface area contributed by atoms with Crippen molar-refractivity contribution in [1.82, 2.24) is 15.0 Å². The number of aromatic hydroxyl groups is 1. The van der Waals surface area contributed by atoms with Gasteiger partial charge in [0.2, 0.25) is 5.82 Å². The monoisotopic (exact) mass is 243 g/mol. The van der Waals surface area contributed by atoms with Crippen LogP contribution in [0.2, 0.25) is 0 Å². The third-order valence-electron chi connectivity index (χ3n) is 2.73. The second-order valence-corrected chi connectivity index (χ2v) is 3.88. The van der Waals surface area contributed by atoms with Crippen molar-refractivity contribution < 1.29 is 15.0 Å². The third-order valence-corrected chi connectivity index (χ3v) is 2.73. The lowest BCUT2D eigenvalue weighted by atomic mass is 10.1. The number of H-pyrrole nitrogens is 2. The zero-order chi connectivity index (χ0) is 12.7. The van der Waals surface area contributed by atoms with E-state index in [4.69, 9.17) is 5.11 Å². The summed E-state index contributed by atoms with van der Waals surface area (Å²) >= 11 is 0. The summed E-state index contributed by atoms with van der Waals surface area (Å²) in [4.78, 5) is 20.3. The molecule has 0 bridgehead atoms. The van der Waals surface area contributed by atoms with E-state index in [9.17, 15) is 9.90 Å². The number of aromatic amines is 2. The Morgan fingerprint density at radius 2 is 2.17 bits per heavy atom. The number of carboxylic acid groups (broad SMARTS) is 1. The van der Waals surface area contributed by atoms with E-state index in [0.717, 1.165) is 16.5 Å². The number of aromatic nitrogens is 3. The van der Waals surface area contributed by atoms with E-state index in [2.05, 4.69) is 15.0 Å². The van der Waals surface area contributed by atoms with E-state index in [-0.39, 0.29) is 11.6 Å². The molecular weight excluding hydrogens is 234 g/mol. The van der Waals surface area contributed by atoms with Crippen LogP contribution in [0.4, 0.5) is 0 Å². The van der Waals surface area contributed by atoms with E-state index in [0.29, 0.717) is 5.69 Å². The summed E-state index contributed by atoms with van der Waals surface area (Å²) in [5, 5.41) is 19.1. The van der Waals surface area contributed by atoms with Crippen LogP contribution in [0.5, 0.6) is 5.75 Å². The molecule has 6 heteroatoms. The minimum atomic E-state index is -1.10. The first-order valence-electron chi connectivity index (χ1n) is 5.24. The molecule has 0 saturated carbocycles. The second kappa shape index (κ2) is 3.63. The molecular formula is C12H9N3O3. The number of phenolic OH excluding ortho intramolecular Hbond substituents is 1. The molecule has 0 atom stereocenters. The van der Waals surface area contributed by atoms with Gasteiger partial charge in [0.05, 0.1) is 11.9 Å². The molecule has 18 heavy (non-hydrogen) atoms. The van der Waals surface area contributed by atoms with Crippen LogP contribution < -0.4 is 0 Å². The molecule has 3 rings (SSSR count). The van der Waals surface area contributed by atoms with Crippen LogP contribution in [0.25, 0.3) is 22.2 Å². The molecule has 6 nitrogen and oxygen atoms in total. The van der Waals surface area contributed by atoms with Crippen LogP contribution in [-0.4, -0.2) is 31.1 Å². The van der Waals surface area contributed by atoms with Crippen molar-refractivity contribution in [1.29, 1.82) is 0 Å². The van der Waals surface area contributed by atoms with Crippen LogP contribution in [-0.2, 0) is 0 Å². The number of phenols is 1. The van der Waals surface area contributed by atoms with Gasteiger partial charge in [-0.05, 0) is 12.1 Å². The summed E-state index contributed by atoms with van der Waals surface area (Å²) in [5.74, 6) is -1.02. The Kier molecular flexibility index (Phi) is 2.09. The van der Waals surface area contributed by atoms with Crippen molar-refractivity contribution in [2.75, 3.05) is 0 Å². The molecule has 0 amide bonds. The number of hydrogen-bond donors (Lipinski definition) is 4. The maximum atomic E-state index is 10.8. The number of carboxylic acids is 1. The van der Waals surface area contributed by atoms with Crippen LogP contribution in [0.3, 0.4) is 0 Å².